The molecule has 0 unspecified atom stereocenters. The van der Waals surface area contributed by atoms with Crippen molar-refractivity contribution in [1.82, 2.24) is 0 Å². The van der Waals surface area contributed by atoms with Gasteiger partial charge >= 0.3 is 7.25 Å². The Labute approximate surface area is 227 Å². The Bertz CT molecular complexity index is 1300. The van der Waals surface area contributed by atoms with Crippen molar-refractivity contribution in [1.29, 1.82) is 0 Å². The van der Waals surface area contributed by atoms with Gasteiger partial charge in [-0.05, 0) is 70.8 Å². The highest BCUT2D eigenvalue weighted by Crippen LogP contribution is 2.44. The number of benzene rings is 2. The zero-order chi connectivity index (χ0) is 28.0. The van der Waals surface area contributed by atoms with E-state index < -0.39 is 7.25 Å². The normalized spacial score (nSPS) is 14.9. The second-order valence-electron chi connectivity index (χ2n) is 9.39. The Morgan fingerprint density at radius 3 is 1.53 bits per heavy atom. The Hall–Kier alpha value is -3.46. The second-order valence-corrected chi connectivity index (χ2v) is 10.5. The van der Waals surface area contributed by atoms with Crippen molar-refractivity contribution in [2.45, 2.75) is 0 Å². The molecule has 0 saturated heterocycles. The van der Waals surface area contributed by atoms with Crippen molar-refractivity contribution in [3.05, 3.63) is 107 Å². The van der Waals surface area contributed by atoms with Crippen LogP contribution in [-0.4, -0.2) is 59.8 Å². The minimum absolute atomic E-state index is 1.21. The van der Waals surface area contributed by atoms with Gasteiger partial charge in [0, 0.05) is 61.5 Å². The Morgan fingerprint density at radius 2 is 1.11 bits per heavy atom. The Morgan fingerprint density at radius 1 is 0.658 bits per heavy atom. The molecule has 1 heterocycles. The Balaban J connectivity index is 0.000000732. The van der Waals surface area contributed by atoms with Gasteiger partial charge < -0.3 is 27.1 Å². The molecule has 3 nitrogen and oxygen atoms in total. The highest BCUT2D eigenvalue weighted by Gasteiger charge is 2.20. The molecule has 0 aromatic heterocycles. The largest absolute Gasteiger partial charge is 0.673 e. The summed E-state index contributed by atoms with van der Waals surface area (Å²) in [5, 5.41) is 0. The van der Waals surface area contributed by atoms with Crippen LogP contribution in [0.5, 0.6) is 0 Å². The van der Waals surface area contributed by atoms with Crippen LogP contribution < -0.4 is 9.80 Å². The summed E-state index contributed by atoms with van der Waals surface area (Å²) in [6.07, 6.45) is 13.5. The van der Waals surface area contributed by atoms with E-state index in [1.165, 1.54) is 49.2 Å². The molecule has 0 amide bonds. The van der Waals surface area contributed by atoms with Crippen LogP contribution in [0.2, 0.25) is 0 Å². The van der Waals surface area contributed by atoms with Gasteiger partial charge in [-0.15, -0.1) is 0 Å². The van der Waals surface area contributed by atoms with Gasteiger partial charge in [0.25, 0.3) is 0 Å². The monoisotopic (exact) mass is 541 g/mol. The van der Waals surface area contributed by atoms with Gasteiger partial charge in [0.05, 0.1) is 0 Å². The summed E-state index contributed by atoms with van der Waals surface area (Å²) in [7, 11) is 6.45. The molecule has 0 spiro atoms. The fourth-order valence-corrected chi connectivity index (χ4v) is 4.87. The van der Waals surface area contributed by atoms with Gasteiger partial charge in [-0.25, -0.2) is 4.58 Å². The van der Waals surface area contributed by atoms with Crippen LogP contribution in [0, 0.1) is 0 Å². The molecule has 38 heavy (non-hydrogen) atoms. The van der Waals surface area contributed by atoms with E-state index in [0.717, 1.165) is 0 Å². The number of rotatable bonds is 4. The molecule has 2 aromatic carbocycles. The van der Waals surface area contributed by atoms with Crippen molar-refractivity contribution >= 4 is 46.6 Å². The molecule has 9 heteroatoms. The van der Waals surface area contributed by atoms with Crippen molar-refractivity contribution in [2.24, 2.45) is 0 Å². The van der Waals surface area contributed by atoms with Crippen molar-refractivity contribution < 1.29 is 21.8 Å². The summed E-state index contributed by atoms with van der Waals surface area (Å²) in [6, 6.07) is 17.6. The fraction of sp³-hybridized carbons (Fsp3) is 0.207. The van der Waals surface area contributed by atoms with Gasteiger partial charge in [0.2, 0.25) is 0 Å². The lowest BCUT2D eigenvalue weighted by Crippen LogP contribution is -2.10. The van der Waals surface area contributed by atoms with Crippen molar-refractivity contribution in [2.75, 3.05) is 52.1 Å². The third-order valence-electron chi connectivity index (χ3n) is 5.85. The van der Waals surface area contributed by atoms with E-state index in [0.29, 0.717) is 0 Å². The Kier molecular flexibility index (Phi) is 9.49. The van der Waals surface area contributed by atoms with E-state index in [4.69, 9.17) is 0 Å². The standard InChI is InChI=1S/C29H32N3S.BF4/c1-30(2)25-13-7-21(8-14-25)24-19-28(22-9-15-26(16-10-22)31(3)4)33-29(20-24)23-11-17-27(18-12-23)32(5)6;2-1(3,4)5/h7-20H,1-6H3;/q+1;-1. The predicted octanol–water partition coefficient (Wildman–Crippen LogP) is 7.38. The quantitative estimate of drug-likeness (QED) is 0.227. The molecule has 200 valence electrons. The van der Waals surface area contributed by atoms with Crippen LogP contribution in [0.3, 0.4) is 0 Å². The summed E-state index contributed by atoms with van der Waals surface area (Å²) in [4.78, 5) is 6.79. The molecule has 0 N–H and O–H groups in total. The van der Waals surface area contributed by atoms with Crippen LogP contribution in [0.1, 0.15) is 11.1 Å². The third-order valence-corrected chi connectivity index (χ3v) is 6.99. The zero-order valence-corrected chi connectivity index (χ0v) is 23.2. The molecular weight excluding hydrogens is 509 g/mol. The molecule has 0 radical (unpaired) electrons. The molecule has 0 saturated carbocycles. The third kappa shape index (κ3) is 8.28. The minimum atomic E-state index is -6.00. The molecular formula is C29H32BF4N3S. The molecule has 0 fully saturated rings. The van der Waals surface area contributed by atoms with Gasteiger partial charge in [0.15, 0.2) is 5.71 Å². The van der Waals surface area contributed by atoms with Crippen LogP contribution in [-0.2, 0) is 0 Å². The molecule has 1 aliphatic carbocycles. The summed E-state index contributed by atoms with van der Waals surface area (Å²) in [5.74, 6) is 0. The maximum Gasteiger partial charge on any atom is 0.673 e. The topological polar surface area (TPSA) is 9.49 Å². The molecule has 4 rings (SSSR count). The number of halogens is 4. The summed E-state index contributed by atoms with van der Waals surface area (Å²) < 4.78 is 41.1. The lowest BCUT2D eigenvalue weighted by Gasteiger charge is -2.20. The lowest BCUT2D eigenvalue weighted by atomic mass is 10.0. The first-order chi connectivity index (χ1) is 17.8. The molecule has 0 atom stereocenters. The average Bonchev–Trinajstić information content (AvgIpc) is 2.87. The van der Waals surface area contributed by atoms with E-state index in [9.17, 15) is 17.3 Å². The molecule has 2 aromatic rings. The number of anilines is 2. The maximum atomic E-state index is 9.75. The van der Waals surface area contributed by atoms with E-state index >= 15 is 0 Å². The molecule has 1 aliphatic heterocycles. The van der Waals surface area contributed by atoms with Crippen LogP contribution in [0.25, 0.3) is 10.5 Å². The first-order valence-electron chi connectivity index (χ1n) is 12.0. The first kappa shape index (κ1) is 29.1. The van der Waals surface area contributed by atoms with Gasteiger partial charge in [-0.2, -0.15) is 0 Å². The second kappa shape index (κ2) is 12.4. The lowest BCUT2D eigenvalue weighted by molar-refractivity contribution is -0.462. The average molecular weight is 541 g/mol. The SMILES string of the molecule is CN(C)c1ccc(C2=CC(=C3C=CC(=[N+](C)C)C=C3)SC(c3ccc(N(C)C)cc3)=C2)cc1.F[B-](F)(F)F. The van der Waals surface area contributed by atoms with Gasteiger partial charge in [-0.3, -0.25) is 0 Å². The number of hydrogen-bond donors (Lipinski definition) is 0. The zero-order valence-electron chi connectivity index (χ0n) is 22.4. The molecule has 2 aliphatic rings. The van der Waals surface area contributed by atoms with Gasteiger partial charge in [0.1, 0.15) is 14.1 Å². The number of allylic oxidation sites excluding steroid dienone is 8. The molecule has 0 bridgehead atoms. The number of nitrogens with zero attached hydrogens (tertiary/aromatic N) is 3. The number of thioether (sulfide) groups is 1. The summed E-state index contributed by atoms with van der Waals surface area (Å²) in [6.45, 7) is 0. The smallest absolute Gasteiger partial charge is 0.418 e. The van der Waals surface area contributed by atoms with Crippen molar-refractivity contribution in [3.63, 3.8) is 0 Å². The van der Waals surface area contributed by atoms with E-state index in [1.54, 1.807) is 0 Å². The first-order valence-corrected chi connectivity index (χ1v) is 12.8. The highest BCUT2D eigenvalue weighted by atomic mass is 32.2. The fourth-order valence-electron chi connectivity index (χ4n) is 3.75. The minimum Gasteiger partial charge on any atom is -0.418 e. The summed E-state index contributed by atoms with van der Waals surface area (Å²) >= 11 is 1.84. The van der Waals surface area contributed by atoms with E-state index in [2.05, 4.69) is 142 Å². The van der Waals surface area contributed by atoms with E-state index in [-0.39, 0.29) is 0 Å². The predicted molar refractivity (Wildman–Crippen MR) is 158 cm³/mol. The van der Waals surface area contributed by atoms with Crippen LogP contribution in [0.15, 0.2) is 95.5 Å². The van der Waals surface area contributed by atoms with Crippen LogP contribution in [0.4, 0.5) is 28.6 Å². The number of hydrogen-bond acceptors (Lipinski definition) is 3. The highest BCUT2D eigenvalue weighted by molar-refractivity contribution is 8.12. The van der Waals surface area contributed by atoms with Gasteiger partial charge in [-0.1, -0.05) is 36.0 Å². The van der Waals surface area contributed by atoms with Crippen molar-refractivity contribution in [3.8, 4) is 0 Å². The van der Waals surface area contributed by atoms with Crippen LogP contribution >= 0.6 is 11.8 Å². The maximum absolute atomic E-state index is 9.75. The van der Waals surface area contributed by atoms with E-state index in [1.807, 2.05) is 11.8 Å². The summed E-state index contributed by atoms with van der Waals surface area (Å²) in [5.41, 5.74) is 8.56.